The van der Waals surface area contributed by atoms with Crippen LogP contribution in [0.1, 0.15) is 22.0 Å². The van der Waals surface area contributed by atoms with Gasteiger partial charge >= 0.3 is 5.97 Å². The lowest BCUT2D eigenvalue weighted by Gasteiger charge is -2.14. The van der Waals surface area contributed by atoms with Crippen molar-refractivity contribution in [1.82, 2.24) is 10.3 Å². The van der Waals surface area contributed by atoms with E-state index < -0.39 is 23.9 Å². The quantitative estimate of drug-likeness (QED) is 0.833. The molecule has 0 bridgehead atoms. The van der Waals surface area contributed by atoms with E-state index in [2.05, 4.69) is 10.3 Å². The molecule has 1 amide bonds. The van der Waals surface area contributed by atoms with Crippen LogP contribution in [0.4, 0.5) is 4.39 Å². The highest BCUT2D eigenvalue weighted by Gasteiger charge is 2.22. The molecule has 5 nitrogen and oxygen atoms in total. The number of carbonyl (C=O) groups is 2. The Labute approximate surface area is 114 Å². The smallest absolute Gasteiger partial charge is 0.330 e. The Morgan fingerprint density at radius 2 is 1.85 bits per heavy atom. The van der Waals surface area contributed by atoms with Crippen LogP contribution < -0.4 is 5.32 Å². The van der Waals surface area contributed by atoms with Crippen LogP contribution in [0.25, 0.3) is 0 Å². The van der Waals surface area contributed by atoms with Gasteiger partial charge in [-0.3, -0.25) is 4.79 Å². The predicted molar refractivity (Wildman–Crippen MR) is 68.5 cm³/mol. The van der Waals surface area contributed by atoms with Gasteiger partial charge in [0.1, 0.15) is 0 Å². The third-order valence-electron chi connectivity index (χ3n) is 2.64. The van der Waals surface area contributed by atoms with Crippen molar-refractivity contribution in [1.29, 1.82) is 0 Å². The second-order valence-electron chi connectivity index (χ2n) is 4.02. The van der Waals surface area contributed by atoms with Crippen molar-refractivity contribution in [3.63, 3.8) is 0 Å². The van der Waals surface area contributed by atoms with Crippen LogP contribution in [0.2, 0.25) is 0 Å². The summed E-state index contributed by atoms with van der Waals surface area (Å²) in [5.41, 5.74) is 0.539. The molecule has 1 aromatic carbocycles. The van der Waals surface area contributed by atoms with Crippen molar-refractivity contribution in [2.24, 2.45) is 0 Å². The Hall–Kier alpha value is -2.76. The van der Waals surface area contributed by atoms with Crippen LogP contribution in [0.3, 0.4) is 0 Å². The van der Waals surface area contributed by atoms with Crippen LogP contribution in [0.15, 0.2) is 48.7 Å². The Kier molecular flexibility index (Phi) is 4.05. The largest absolute Gasteiger partial charge is 0.479 e. The topological polar surface area (TPSA) is 79.3 Å². The van der Waals surface area contributed by atoms with Crippen molar-refractivity contribution < 1.29 is 19.1 Å². The number of hydrogen-bond donors (Lipinski definition) is 2. The number of benzene rings is 1. The highest BCUT2D eigenvalue weighted by molar-refractivity contribution is 5.96. The zero-order valence-corrected chi connectivity index (χ0v) is 10.3. The Morgan fingerprint density at radius 1 is 1.15 bits per heavy atom. The monoisotopic (exact) mass is 274 g/mol. The molecule has 0 spiro atoms. The SMILES string of the molecule is O=C(NC(C(=O)O)c1ccccc1)c1ccc(F)nc1. The van der Waals surface area contributed by atoms with Crippen molar-refractivity contribution in [2.75, 3.05) is 0 Å². The van der Waals surface area contributed by atoms with Gasteiger partial charge in [-0.2, -0.15) is 4.39 Å². The lowest BCUT2D eigenvalue weighted by Crippen LogP contribution is -2.33. The molecule has 0 saturated heterocycles. The molecule has 1 unspecified atom stereocenters. The summed E-state index contributed by atoms with van der Waals surface area (Å²) in [6.07, 6.45) is 1.05. The molecular formula is C14H11FN2O3. The first-order valence-electron chi connectivity index (χ1n) is 5.78. The first kappa shape index (κ1) is 13.7. The molecule has 1 atom stereocenters. The molecule has 1 heterocycles. The molecule has 0 aliphatic rings. The van der Waals surface area contributed by atoms with E-state index in [1.165, 1.54) is 6.07 Å². The average molecular weight is 274 g/mol. The minimum atomic E-state index is -1.18. The number of pyridine rings is 1. The van der Waals surface area contributed by atoms with Crippen LogP contribution in [0, 0.1) is 5.95 Å². The van der Waals surface area contributed by atoms with Gasteiger partial charge in [-0.15, -0.1) is 0 Å². The Bertz CT molecular complexity index is 614. The van der Waals surface area contributed by atoms with Crippen molar-refractivity contribution in [2.45, 2.75) is 6.04 Å². The minimum Gasteiger partial charge on any atom is -0.479 e. The Morgan fingerprint density at radius 3 is 2.40 bits per heavy atom. The van der Waals surface area contributed by atoms with E-state index in [9.17, 15) is 19.1 Å². The maximum absolute atomic E-state index is 12.7. The van der Waals surface area contributed by atoms with Gasteiger partial charge in [0, 0.05) is 6.20 Å². The number of nitrogens with zero attached hydrogens (tertiary/aromatic N) is 1. The van der Waals surface area contributed by atoms with Crippen LogP contribution >= 0.6 is 0 Å². The fourth-order valence-corrected chi connectivity index (χ4v) is 1.66. The van der Waals surface area contributed by atoms with E-state index >= 15 is 0 Å². The van der Waals surface area contributed by atoms with Gasteiger partial charge in [0.05, 0.1) is 5.56 Å². The van der Waals surface area contributed by atoms with Crippen molar-refractivity contribution in [3.8, 4) is 0 Å². The maximum atomic E-state index is 12.7. The molecular weight excluding hydrogens is 263 g/mol. The first-order valence-corrected chi connectivity index (χ1v) is 5.78. The summed E-state index contributed by atoms with van der Waals surface area (Å²) in [6.45, 7) is 0. The van der Waals surface area contributed by atoms with Crippen LogP contribution in [-0.2, 0) is 4.79 Å². The predicted octanol–water partition coefficient (Wildman–Crippen LogP) is 1.78. The second-order valence-corrected chi connectivity index (χ2v) is 4.02. The molecule has 102 valence electrons. The van der Waals surface area contributed by atoms with Gasteiger partial charge in [-0.05, 0) is 17.7 Å². The lowest BCUT2D eigenvalue weighted by atomic mass is 10.1. The molecule has 20 heavy (non-hydrogen) atoms. The number of carboxylic acids is 1. The highest BCUT2D eigenvalue weighted by atomic mass is 19.1. The zero-order chi connectivity index (χ0) is 14.5. The molecule has 2 N–H and O–H groups in total. The number of aliphatic carboxylic acids is 1. The van der Waals surface area contributed by atoms with Gasteiger partial charge in [0.25, 0.3) is 5.91 Å². The summed E-state index contributed by atoms with van der Waals surface area (Å²) >= 11 is 0. The van der Waals surface area contributed by atoms with Gasteiger partial charge in [0.15, 0.2) is 6.04 Å². The van der Waals surface area contributed by atoms with E-state index in [4.69, 9.17) is 0 Å². The van der Waals surface area contributed by atoms with E-state index in [1.54, 1.807) is 30.3 Å². The van der Waals surface area contributed by atoms with Crippen molar-refractivity contribution >= 4 is 11.9 Å². The summed E-state index contributed by atoms with van der Waals surface area (Å²) in [4.78, 5) is 26.5. The van der Waals surface area contributed by atoms with E-state index in [0.717, 1.165) is 12.3 Å². The molecule has 2 aromatic rings. The fraction of sp³-hybridized carbons (Fsp3) is 0.0714. The number of amides is 1. The number of carbonyl (C=O) groups excluding carboxylic acids is 1. The second kappa shape index (κ2) is 5.92. The van der Waals surface area contributed by atoms with Gasteiger partial charge in [-0.25, -0.2) is 9.78 Å². The minimum absolute atomic E-state index is 0.0913. The molecule has 2 rings (SSSR count). The summed E-state index contributed by atoms with van der Waals surface area (Å²) in [6, 6.07) is 9.40. The maximum Gasteiger partial charge on any atom is 0.330 e. The number of rotatable bonds is 4. The standard InChI is InChI=1S/C14H11FN2O3/c15-11-7-6-10(8-16-11)13(18)17-12(14(19)20)9-4-2-1-3-5-9/h1-8,12H,(H,17,18)(H,19,20). The lowest BCUT2D eigenvalue weighted by molar-refractivity contribution is -0.139. The summed E-state index contributed by atoms with van der Waals surface area (Å²) < 4.78 is 12.7. The third kappa shape index (κ3) is 3.17. The van der Waals surface area contributed by atoms with E-state index in [1.807, 2.05) is 0 Å². The van der Waals surface area contributed by atoms with E-state index in [0.29, 0.717) is 5.56 Å². The number of hydrogen-bond acceptors (Lipinski definition) is 3. The highest BCUT2D eigenvalue weighted by Crippen LogP contribution is 2.13. The number of halogens is 1. The van der Waals surface area contributed by atoms with Gasteiger partial charge in [-0.1, -0.05) is 30.3 Å². The molecule has 0 radical (unpaired) electrons. The van der Waals surface area contributed by atoms with Gasteiger partial charge < -0.3 is 10.4 Å². The fourth-order valence-electron chi connectivity index (χ4n) is 1.66. The molecule has 1 aromatic heterocycles. The number of nitrogens with one attached hydrogen (secondary N) is 1. The van der Waals surface area contributed by atoms with Crippen molar-refractivity contribution in [3.05, 3.63) is 65.7 Å². The molecule has 0 aliphatic carbocycles. The molecule has 0 saturated carbocycles. The summed E-state index contributed by atoms with van der Waals surface area (Å²) in [5, 5.41) is 11.5. The number of carboxylic acid groups (broad SMARTS) is 1. The molecule has 0 fully saturated rings. The summed E-state index contributed by atoms with van der Waals surface area (Å²) in [7, 11) is 0. The van der Waals surface area contributed by atoms with Crippen LogP contribution in [0.5, 0.6) is 0 Å². The third-order valence-corrected chi connectivity index (χ3v) is 2.64. The normalized spacial score (nSPS) is 11.7. The number of aromatic nitrogens is 1. The van der Waals surface area contributed by atoms with Gasteiger partial charge in [0.2, 0.25) is 5.95 Å². The summed E-state index contributed by atoms with van der Waals surface area (Å²) in [5.74, 6) is -2.52. The first-order chi connectivity index (χ1) is 9.58. The Balaban J connectivity index is 2.19. The van der Waals surface area contributed by atoms with E-state index in [-0.39, 0.29) is 5.56 Å². The van der Waals surface area contributed by atoms with Crippen LogP contribution in [-0.4, -0.2) is 22.0 Å². The average Bonchev–Trinajstić information content (AvgIpc) is 2.46. The molecule has 0 aliphatic heterocycles. The zero-order valence-electron chi connectivity index (χ0n) is 10.3. The molecule has 6 heteroatoms.